The van der Waals surface area contributed by atoms with Gasteiger partial charge in [-0.15, -0.1) is 11.8 Å². The van der Waals surface area contributed by atoms with E-state index in [1.54, 1.807) is 19.9 Å². The van der Waals surface area contributed by atoms with Crippen LogP contribution in [-0.2, 0) is 4.79 Å². The fraction of sp³-hybridized carbons (Fsp3) is 0.200. The van der Waals surface area contributed by atoms with Gasteiger partial charge in [-0.2, -0.15) is 0 Å². The van der Waals surface area contributed by atoms with E-state index in [9.17, 15) is 9.59 Å². The molecule has 0 bridgehead atoms. The first-order valence-corrected chi connectivity index (χ1v) is 7.39. The zero-order valence-corrected chi connectivity index (χ0v) is 12.6. The smallest absolute Gasteiger partial charge is 0.273 e. The lowest BCUT2D eigenvalue weighted by molar-refractivity contribution is -0.119. The Labute approximate surface area is 127 Å². The number of hydrogen-bond donors (Lipinski definition) is 2. The zero-order valence-electron chi connectivity index (χ0n) is 11.8. The van der Waals surface area contributed by atoms with Crippen molar-refractivity contribution in [2.24, 2.45) is 0 Å². The van der Waals surface area contributed by atoms with E-state index in [2.05, 4.69) is 10.9 Å². The number of benzene rings is 1. The van der Waals surface area contributed by atoms with E-state index in [1.165, 1.54) is 11.8 Å². The van der Waals surface area contributed by atoms with Crippen LogP contribution in [0.2, 0.25) is 0 Å². The topological polar surface area (TPSA) is 71.3 Å². The Kier molecular flexibility index (Phi) is 5.05. The number of carbonyl (C=O) groups is 2. The summed E-state index contributed by atoms with van der Waals surface area (Å²) in [5.74, 6) is 0.757. The van der Waals surface area contributed by atoms with Gasteiger partial charge in [0.2, 0.25) is 5.91 Å². The number of amides is 2. The highest BCUT2D eigenvalue weighted by molar-refractivity contribution is 8.00. The Morgan fingerprint density at radius 3 is 2.48 bits per heavy atom. The summed E-state index contributed by atoms with van der Waals surface area (Å²) in [6, 6.07) is 11.2. The maximum Gasteiger partial charge on any atom is 0.273 e. The summed E-state index contributed by atoms with van der Waals surface area (Å²) < 4.78 is 5.27. The van der Waals surface area contributed by atoms with Gasteiger partial charge in [0.15, 0.2) is 0 Å². The summed E-state index contributed by atoms with van der Waals surface area (Å²) in [6.07, 6.45) is 0. The van der Waals surface area contributed by atoms with E-state index in [0.717, 1.165) is 4.90 Å². The Balaban J connectivity index is 1.79. The zero-order chi connectivity index (χ0) is 15.2. The van der Waals surface area contributed by atoms with Gasteiger partial charge < -0.3 is 4.42 Å². The maximum atomic E-state index is 11.9. The van der Waals surface area contributed by atoms with Gasteiger partial charge >= 0.3 is 0 Å². The van der Waals surface area contributed by atoms with Crippen LogP contribution in [0, 0.1) is 13.8 Å². The van der Waals surface area contributed by atoms with E-state index >= 15 is 0 Å². The summed E-state index contributed by atoms with van der Waals surface area (Å²) in [5.41, 5.74) is 5.18. The average molecular weight is 304 g/mol. The molecule has 5 nitrogen and oxygen atoms in total. The third-order valence-corrected chi connectivity index (χ3v) is 3.73. The Morgan fingerprint density at radius 1 is 1.14 bits per heavy atom. The number of aryl methyl sites for hydroxylation is 2. The molecule has 2 rings (SSSR count). The van der Waals surface area contributed by atoms with Crippen LogP contribution in [0.15, 0.2) is 45.7 Å². The number of furan rings is 1. The van der Waals surface area contributed by atoms with Crippen LogP contribution < -0.4 is 10.9 Å². The predicted molar refractivity (Wildman–Crippen MR) is 81.0 cm³/mol. The summed E-state index contributed by atoms with van der Waals surface area (Å²) in [7, 11) is 0. The van der Waals surface area contributed by atoms with Gasteiger partial charge in [0.25, 0.3) is 5.91 Å². The fourth-order valence-electron chi connectivity index (χ4n) is 1.75. The van der Waals surface area contributed by atoms with Gasteiger partial charge in [0.1, 0.15) is 11.5 Å². The fourth-order valence-corrected chi connectivity index (χ4v) is 2.47. The molecule has 1 aromatic heterocycles. The number of rotatable bonds is 4. The highest BCUT2D eigenvalue weighted by Crippen LogP contribution is 2.16. The lowest BCUT2D eigenvalue weighted by Crippen LogP contribution is -2.42. The monoisotopic (exact) mass is 304 g/mol. The first-order valence-electron chi connectivity index (χ1n) is 6.40. The van der Waals surface area contributed by atoms with Crippen molar-refractivity contribution in [3.63, 3.8) is 0 Å². The molecule has 0 aliphatic rings. The number of nitrogens with one attached hydrogen (secondary N) is 2. The van der Waals surface area contributed by atoms with Gasteiger partial charge in [-0.25, -0.2) is 0 Å². The molecule has 0 saturated heterocycles. The molecule has 0 aliphatic carbocycles. The highest BCUT2D eigenvalue weighted by Gasteiger charge is 2.14. The molecule has 2 aromatic rings. The van der Waals surface area contributed by atoms with Crippen molar-refractivity contribution in [2.45, 2.75) is 18.7 Å². The van der Waals surface area contributed by atoms with Gasteiger partial charge in [-0.3, -0.25) is 20.4 Å². The number of hydrogen-bond acceptors (Lipinski definition) is 4. The van der Waals surface area contributed by atoms with Gasteiger partial charge in [-0.05, 0) is 32.0 Å². The summed E-state index contributed by atoms with van der Waals surface area (Å²) >= 11 is 1.40. The van der Waals surface area contributed by atoms with E-state index in [0.29, 0.717) is 17.1 Å². The first-order chi connectivity index (χ1) is 10.1. The van der Waals surface area contributed by atoms with E-state index in [4.69, 9.17) is 4.42 Å². The van der Waals surface area contributed by atoms with Crippen molar-refractivity contribution < 1.29 is 14.0 Å². The van der Waals surface area contributed by atoms with Crippen LogP contribution in [0.4, 0.5) is 0 Å². The van der Waals surface area contributed by atoms with Crippen molar-refractivity contribution in [3.05, 3.63) is 53.5 Å². The lowest BCUT2D eigenvalue weighted by atomic mass is 10.2. The summed E-state index contributed by atoms with van der Waals surface area (Å²) in [5, 5.41) is 0. The molecule has 0 aliphatic heterocycles. The minimum Gasteiger partial charge on any atom is -0.466 e. The molecule has 110 valence electrons. The van der Waals surface area contributed by atoms with Crippen LogP contribution >= 0.6 is 11.8 Å². The van der Waals surface area contributed by atoms with Gasteiger partial charge in [-0.1, -0.05) is 18.2 Å². The molecule has 0 spiro atoms. The van der Waals surface area contributed by atoms with Crippen LogP contribution in [0.25, 0.3) is 0 Å². The lowest BCUT2D eigenvalue weighted by Gasteiger charge is -2.06. The van der Waals surface area contributed by atoms with E-state index in [1.807, 2.05) is 30.3 Å². The average Bonchev–Trinajstić information content (AvgIpc) is 2.82. The van der Waals surface area contributed by atoms with Crippen LogP contribution in [0.3, 0.4) is 0 Å². The molecular formula is C15H16N2O3S. The minimum absolute atomic E-state index is 0.230. The van der Waals surface area contributed by atoms with Gasteiger partial charge in [0.05, 0.1) is 11.3 Å². The summed E-state index contributed by atoms with van der Waals surface area (Å²) in [6.45, 7) is 3.47. The second-order valence-corrected chi connectivity index (χ2v) is 5.48. The molecule has 1 heterocycles. The highest BCUT2D eigenvalue weighted by atomic mass is 32.2. The minimum atomic E-state index is -0.387. The molecule has 1 aromatic carbocycles. The molecule has 0 atom stereocenters. The Hall–Kier alpha value is -2.21. The van der Waals surface area contributed by atoms with Crippen LogP contribution in [-0.4, -0.2) is 17.6 Å². The van der Waals surface area contributed by atoms with Crippen LogP contribution in [0.5, 0.6) is 0 Å². The maximum absolute atomic E-state index is 11.9. The summed E-state index contributed by atoms with van der Waals surface area (Å²) in [4.78, 5) is 24.5. The molecule has 21 heavy (non-hydrogen) atoms. The molecule has 0 radical (unpaired) electrons. The van der Waals surface area contributed by atoms with Crippen molar-refractivity contribution in [1.29, 1.82) is 0 Å². The molecule has 6 heteroatoms. The predicted octanol–water partition coefficient (Wildman–Crippen LogP) is 2.45. The largest absolute Gasteiger partial charge is 0.466 e. The number of carbonyl (C=O) groups excluding carboxylic acids is 2. The molecule has 0 unspecified atom stereocenters. The molecule has 2 N–H and O–H groups in total. The standard InChI is InChI=1S/C15H16N2O3S/c1-10-8-13(11(2)20-10)15(19)17-16-14(18)9-21-12-6-4-3-5-7-12/h3-8H,9H2,1-2H3,(H,16,18)(H,17,19). The van der Waals surface area contributed by atoms with Crippen LogP contribution in [0.1, 0.15) is 21.9 Å². The Bertz CT molecular complexity index is 638. The SMILES string of the molecule is Cc1cc(C(=O)NNC(=O)CSc2ccccc2)c(C)o1. The number of thioether (sulfide) groups is 1. The quantitative estimate of drug-likeness (QED) is 0.672. The third-order valence-electron chi connectivity index (χ3n) is 2.71. The third kappa shape index (κ3) is 4.39. The molecule has 0 saturated carbocycles. The van der Waals surface area contributed by atoms with E-state index in [-0.39, 0.29) is 17.6 Å². The number of hydrazine groups is 1. The van der Waals surface area contributed by atoms with Crippen molar-refractivity contribution in [1.82, 2.24) is 10.9 Å². The van der Waals surface area contributed by atoms with Crippen molar-refractivity contribution in [2.75, 3.05) is 5.75 Å². The molecule has 2 amide bonds. The van der Waals surface area contributed by atoms with Gasteiger partial charge in [0, 0.05) is 4.90 Å². The second kappa shape index (κ2) is 6.99. The Morgan fingerprint density at radius 2 is 1.86 bits per heavy atom. The van der Waals surface area contributed by atoms with Crippen molar-refractivity contribution >= 4 is 23.6 Å². The second-order valence-electron chi connectivity index (χ2n) is 4.43. The van der Waals surface area contributed by atoms with Crippen molar-refractivity contribution in [3.8, 4) is 0 Å². The molecular weight excluding hydrogens is 288 g/mol. The normalized spacial score (nSPS) is 10.2. The molecule has 0 fully saturated rings. The van der Waals surface area contributed by atoms with E-state index < -0.39 is 0 Å². The first kappa shape index (κ1) is 15.2.